The highest BCUT2D eigenvalue weighted by molar-refractivity contribution is 5.81. The molecule has 0 saturated heterocycles. The van der Waals surface area contributed by atoms with Crippen molar-refractivity contribution in [3.63, 3.8) is 0 Å². The predicted molar refractivity (Wildman–Crippen MR) is 92.5 cm³/mol. The maximum Gasteiger partial charge on any atom is 0.329 e. The predicted octanol–water partition coefficient (Wildman–Crippen LogP) is 0.951. The van der Waals surface area contributed by atoms with Crippen molar-refractivity contribution in [2.75, 3.05) is 25.8 Å². The second kappa shape index (κ2) is 7.49. The molecule has 0 spiro atoms. The van der Waals surface area contributed by atoms with Crippen molar-refractivity contribution in [3.05, 3.63) is 50.7 Å². The number of anilines is 1. The van der Waals surface area contributed by atoms with E-state index in [1.807, 2.05) is 13.0 Å². The van der Waals surface area contributed by atoms with Gasteiger partial charge in [-0.15, -0.1) is 0 Å². The van der Waals surface area contributed by atoms with E-state index in [2.05, 4.69) is 10.1 Å². The van der Waals surface area contributed by atoms with Crippen LogP contribution in [0.3, 0.4) is 0 Å². The second-order valence-electron chi connectivity index (χ2n) is 4.97. The van der Waals surface area contributed by atoms with Gasteiger partial charge in [-0.25, -0.2) is 4.79 Å². The first-order valence-corrected chi connectivity index (χ1v) is 7.35. The Hall–Kier alpha value is -3.03. The molecule has 2 rings (SSSR count). The zero-order valence-corrected chi connectivity index (χ0v) is 14.1. The molecule has 1 N–H and O–H groups in total. The van der Waals surface area contributed by atoms with Crippen molar-refractivity contribution in [2.24, 2.45) is 12.1 Å². The van der Waals surface area contributed by atoms with Crippen molar-refractivity contribution in [1.82, 2.24) is 9.55 Å². The Morgan fingerprint density at radius 3 is 2.67 bits per heavy atom. The standard InChI is InChI=1S/C16H20N4O4/c1-5-24-12-7-6-11(8-13(12)23-4)10-17-20(3)14-9-15(21)19(2)16(22)18-14/h6-10H,5H2,1-4H3,(H,18,22)/b17-10+. The molecular weight excluding hydrogens is 312 g/mol. The molecule has 0 aliphatic rings. The highest BCUT2D eigenvalue weighted by Gasteiger charge is 2.06. The second-order valence-corrected chi connectivity index (χ2v) is 4.97. The average molecular weight is 332 g/mol. The van der Waals surface area contributed by atoms with Crippen LogP contribution in [0.4, 0.5) is 5.82 Å². The third-order valence-corrected chi connectivity index (χ3v) is 3.35. The molecule has 1 aromatic carbocycles. The van der Waals surface area contributed by atoms with Gasteiger partial charge in [0.15, 0.2) is 11.5 Å². The first-order valence-electron chi connectivity index (χ1n) is 7.35. The number of benzene rings is 1. The number of nitrogens with one attached hydrogen (secondary N) is 1. The molecule has 0 bridgehead atoms. The molecule has 0 unspecified atom stereocenters. The largest absolute Gasteiger partial charge is 0.493 e. The van der Waals surface area contributed by atoms with Crippen LogP contribution < -0.4 is 25.7 Å². The topological polar surface area (TPSA) is 88.9 Å². The monoisotopic (exact) mass is 332 g/mol. The van der Waals surface area contributed by atoms with Gasteiger partial charge in [-0.1, -0.05) is 0 Å². The van der Waals surface area contributed by atoms with Gasteiger partial charge in [0.2, 0.25) is 0 Å². The highest BCUT2D eigenvalue weighted by atomic mass is 16.5. The number of ether oxygens (including phenoxy) is 2. The number of aromatic nitrogens is 2. The number of hydrogen-bond donors (Lipinski definition) is 1. The van der Waals surface area contributed by atoms with E-state index in [1.165, 1.54) is 18.1 Å². The molecular formula is C16H20N4O4. The van der Waals surface area contributed by atoms with Crippen LogP contribution >= 0.6 is 0 Å². The maximum absolute atomic E-state index is 11.7. The summed E-state index contributed by atoms with van der Waals surface area (Å²) in [7, 11) is 4.60. The van der Waals surface area contributed by atoms with Crippen LogP contribution in [0, 0.1) is 0 Å². The molecule has 2 aromatic rings. The van der Waals surface area contributed by atoms with Gasteiger partial charge in [0, 0.05) is 20.2 Å². The van der Waals surface area contributed by atoms with Crippen molar-refractivity contribution in [1.29, 1.82) is 0 Å². The summed E-state index contributed by atoms with van der Waals surface area (Å²) in [6.07, 6.45) is 1.59. The summed E-state index contributed by atoms with van der Waals surface area (Å²) < 4.78 is 11.7. The number of H-pyrrole nitrogens is 1. The van der Waals surface area contributed by atoms with Crippen LogP contribution in [0.2, 0.25) is 0 Å². The van der Waals surface area contributed by atoms with Gasteiger partial charge in [0.05, 0.1) is 19.9 Å². The Balaban J connectivity index is 2.24. The van der Waals surface area contributed by atoms with Gasteiger partial charge in [0.1, 0.15) is 5.82 Å². The fourth-order valence-electron chi connectivity index (χ4n) is 1.97. The lowest BCUT2D eigenvalue weighted by Gasteiger charge is -2.13. The molecule has 0 atom stereocenters. The molecule has 8 heteroatoms. The smallest absolute Gasteiger partial charge is 0.329 e. The van der Waals surface area contributed by atoms with Crippen LogP contribution in [-0.4, -0.2) is 36.5 Å². The highest BCUT2D eigenvalue weighted by Crippen LogP contribution is 2.27. The van der Waals surface area contributed by atoms with E-state index >= 15 is 0 Å². The number of hydrazone groups is 1. The lowest BCUT2D eigenvalue weighted by molar-refractivity contribution is 0.311. The maximum atomic E-state index is 11.7. The molecule has 8 nitrogen and oxygen atoms in total. The number of aromatic amines is 1. The van der Waals surface area contributed by atoms with Crippen molar-refractivity contribution in [3.8, 4) is 11.5 Å². The Morgan fingerprint density at radius 1 is 1.29 bits per heavy atom. The summed E-state index contributed by atoms with van der Waals surface area (Å²) in [6, 6.07) is 6.72. The molecule has 128 valence electrons. The van der Waals surface area contributed by atoms with Crippen LogP contribution in [0.25, 0.3) is 0 Å². The van der Waals surface area contributed by atoms with Crippen molar-refractivity contribution >= 4 is 12.0 Å². The van der Waals surface area contributed by atoms with Crippen LogP contribution in [0.1, 0.15) is 12.5 Å². The molecule has 0 aliphatic heterocycles. The molecule has 0 saturated carbocycles. The van der Waals surface area contributed by atoms with Crippen LogP contribution in [0.5, 0.6) is 11.5 Å². The Morgan fingerprint density at radius 2 is 2.04 bits per heavy atom. The Labute approximate surface area is 139 Å². The zero-order chi connectivity index (χ0) is 17.7. The third-order valence-electron chi connectivity index (χ3n) is 3.35. The molecule has 0 radical (unpaired) electrons. The van der Waals surface area contributed by atoms with E-state index in [0.29, 0.717) is 23.9 Å². The van der Waals surface area contributed by atoms with Gasteiger partial charge in [0.25, 0.3) is 5.56 Å². The first-order chi connectivity index (χ1) is 11.5. The van der Waals surface area contributed by atoms with E-state index in [0.717, 1.165) is 10.1 Å². The minimum absolute atomic E-state index is 0.303. The normalized spacial score (nSPS) is 10.8. The van der Waals surface area contributed by atoms with E-state index in [4.69, 9.17) is 9.47 Å². The van der Waals surface area contributed by atoms with E-state index in [1.54, 1.807) is 32.5 Å². The molecule has 1 heterocycles. The molecule has 0 amide bonds. The number of rotatable bonds is 6. The van der Waals surface area contributed by atoms with Gasteiger partial charge < -0.3 is 9.47 Å². The SMILES string of the molecule is CCOc1ccc(/C=N/N(C)c2cc(=O)n(C)c(=O)[nH]2)cc1OC. The number of methoxy groups -OCH3 is 1. The first kappa shape index (κ1) is 17.3. The molecule has 1 aromatic heterocycles. The number of hydrogen-bond acceptors (Lipinski definition) is 6. The summed E-state index contributed by atoms with van der Waals surface area (Å²) in [6.45, 7) is 2.44. The van der Waals surface area contributed by atoms with E-state index < -0.39 is 11.2 Å². The molecule has 24 heavy (non-hydrogen) atoms. The van der Waals surface area contributed by atoms with Gasteiger partial charge >= 0.3 is 5.69 Å². The van der Waals surface area contributed by atoms with Gasteiger partial charge in [-0.05, 0) is 30.7 Å². The summed E-state index contributed by atoms with van der Waals surface area (Å²) in [5, 5.41) is 5.63. The summed E-state index contributed by atoms with van der Waals surface area (Å²) in [5.41, 5.74) is -0.117. The van der Waals surface area contributed by atoms with Crippen molar-refractivity contribution < 1.29 is 9.47 Å². The number of nitrogens with zero attached hydrogens (tertiary/aromatic N) is 3. The Bertz CT molecular complexity index is 823. The summed E-state index contributed by atoms with van der Waals surface area (Å²) in [4.78, 5) is 25.9. The third kappa shape index (κ3) is 3.83. The quantitative estimate of drug-likeness (QED) is 0.628. The molecule has 0 aliphatic carbocycles. The molecule has 0 fully saturated rings. The fraction of sp³-hybridized carbons (Fsp3) is 0.312. The summed E-state index contributed by atoms with van der Waals surface area (Å²) in [5.74, 6) is 1.56. The van der Waals surface area contributed by atoms with Crippen molar-refractivity contribution in [2.45, 2.75) is 6.92 Å². The lowest BCUT2D eigenvalue weighted by atomic mass is 10.2. The van der Waals surface area contributed by atoms with Crippen LogP contribution in [-0.2, 0) is 7.05 Å². The minimum atomic E-state index is -0.498. The average Bonchev–Trinajstić information content (AvgIpc) is 2.58. The van der Waals surface area contributed by atoms with Gasteiger partial charge in [-0.2, -0.15) is 5.10 Å². The van der Waals surface area contributed by atoms with Crippen LogP contribution in [0.15, 0.2) is 39.0 Å². The lowest BCUT2D eigenvalue weighted by Crippen LogP contribution is -2.33. The Kier molecular flexibility index (Phi) is 5.41. The van der Waals surface area contributed by atoms with Gasteiger partial charge in [-0.3, -0.25) is 19.4 Å². The summed E-state index contributed by atoms with van der Waals surface area (Å²) >= 11 is 0. The van der Waals surface area contributed by atoms with E-state index in [-0.39, 0.29) is 0 Å². The zero-order valence-electron chi connectivity index (χ0n) is 14.1. The minimum Gasteiger partial charge on any atom is -0.493 e. The van der Waals surface area contributed by atoms with E-state index in [9.17, 15) is 9.59 Å². The fourth-order valence-corrected chi connectivity index (χ4v) is 1.97.